The smallest absolute Gasteiger partial charge is 0.322 e. The Labute approximate surface area is 85.2 Å². The minimum absolute atomic E-state index is 0.277. The van der Waals surface area contributed by atoms with E-state index in [9.17, 15) is 4.79 Å². The predicted octanol–water partition coefficient (Wildman–Crippen LogP) is 1.08. The van der Waals surface area contributed by atoms with Gasteiger partial charge < -0.3 is 10.1 Å². The van der Waals surface area contributed by atoms with Crippen LogP contribution in [0.25, 0.3) is 0 Å². The van der Waals surface area contributed by atoms with E-state index in [1.165, 1.54) is 7.11 Å². The molecule has 0 amide bonds. The second-order valence-electron chi connectivity index (χ2n) is 3.86. The quantitative estimate of drug-likeness (QED) is 0.671. The highest BCUT2D eigenvalue weighted by molar-refractivity contribution is 5.75. The molecule has 80 valence electrons. The molecular formula is C10H18N2O2. The molecule has 0 heterocycles. The molecule has 0 aliphatic carbocycles. The number of hydrogen-bond acceptors (Lipinski definition) is 4. The number of hydrogen-bond donors (Lipinski definition) is 1. The van der Waals surface area contributed by atoms with Gasteiger partial charge in [0.15, 0.2) is 0 Å². The monoisotopic (exact) mass is 198 g/mol. The highest BCUT2D eigenvalue weighted by atomic mass is 16.5. The van der Waals surface area contributed by atoms with E-state index in [4.69, 9.17) is 5.26 Å². The van der Waals surface area contributed by atoms with Crippen LogP contribution in [0.4, 0.5) is 0 Å². The standard InChI is InChI=1S/C10H18N2O2/c1-5-8(9(13)14-4)12-7-10(2,3)6-11/h8,12H,5,7H2,1-4H3. The maximum absolute atomic E-state index is 11.2. The largest absolute Gasteiger partial charge is 0.468 e. The molecule has 0 spiro atoms. The lowest BCUT2D eigenvalue weighted by atomic mass is 9.95. The van der Waals surface area contributed by atoms with Crippen LogP contribution < -0.4 is 5.32 Å². The maximum atomic E-state index is 11.2. The van der Waals surface area contributed by atoms with E-state index in [1.54, 1.807) is 0 Å². The molecule has 0 fully saturated rings. The number of ether oxygens (including phenoxy) is 1. The van der Waals surface area contributed by atoms with Crippen LogP contribution in [0.3, 0.4) is 0 Å². The van der Waals surface area contributed by atoms with Gasteiger partial charge in [-0.3, -0.25) is 4.79 Å². The summed E-state index contributed by atoms with van der Waals surface area (Å²) in [6, 6.07) is 1.85. The Hall–Kier alpha value is -1.08. The van der Waals surface area contributed by atoms with Crippen molar-refractivity contribution in [1.29, 1.82) is 5.26 Å². The van der Waals surface area contributed by atoms with Crippen molar-refractivity contribution in [3.63, 3.8) is 0 Å². The third kappa shape index (κ3) is 4.24. The van der Waals surface area contributed by atoms with Gasteiger partial charge in [-0.15, -0.1) is 0 Å². The van der Waals surface area contributed by atoms with E-state index < -0.39 is 5.41 Å². The van der Waals surface area contributed by atoms with Crippen molar-refractivity contribution in [3.8, 4) is 6.07 Å². The number of rotatable bonds is 5. The molecule has 0 rings (SSSR count). The first-order chi connectivity index (χ1) is 6.46. The Morgan fingerprint density at radius 1 is 1.64 bits per heavy atom. The lowest BCUT2D eigenvalue weighted by Crippen LogP contribution is -2.41. The van der Waals surface area contributed by atoms with Crippen LogP contribution in [0.2, 0.25) is 0 Å². The second-order valence-corrected chi connectivity index (χ2v) is 3.86. The molecule has 0 bridgehead atoms. The first-order valence-corrected chi connectivity index (χ1v) is 4.69. The van der Waals surface area contributed by atoms with Gasteiger partial charge in [0.05, 0.1) is 18.6 Å². The molecule has 0 radical (unpaired) electrons. The molecule has 4 nitrogen and oxygen atoms in total. The Balaban J connectivity index is 4.10. The number of esters is 1. The fourth-order valence-corrected chi connectivity index (χ4v) is 0.954. The van der Waals surface area contributed by atoms with Gasteiger partial charge in [0.25, 0.3) is 0 Å². The molecule has 1 unspecified atom stereocenters. The van der Waals surface area contributed by atoms with Crippen LogP contribution in [-0.4, -0.2) is 25.7 Å². The van der Waals surface area contributed by atoms with Gasteiger partial charge in [-0.25, -0.2) is 0 Å². The van der Waals surface area contributed by atoms with E-state index in [2.05, 4.69) is 16.1 Å². The van der Waals surface area contributed by atoms with Gasteiger partial charge in [-0.05, 0) is 20.3 Å². The number of nitrogens with one attached hydrogen (secondary N) is 1. The topological polar surface area (TPSA) is 62.1 Å². The van der Waals surface area contributed by atoms with Crippen LogP contribution >= 0.6 is 0 Å². The molecule has 0 aromatic carbocycles. The summed E-state index contributed by atoms with van der Waals surface area (Å²) in [5.41, 5.74) is -0.457. The number of methoxy groups -OCH3 is 1. The molecule has 0 aromatic rings. The molecular weight excluding hydrogens is 180 g/mol. The Kier molecular flexibility index (Phi) is 5.18. The SMILES string of the molecule is CCC(NCC(C)(C)C#N)C(=O)OC. The van der Waals surface area contributed by atoms with Gasteiger partial charge in [0.1, 0.15) is 6.04 Å². The first-order valence-electron chi connectivity index (χ1n) is 4.69. The highest BCUT2D eigenvalue weighted by Gasteiger charge is 2.22. The zero-order chi connectivity index (χ0) is 11.2. The third-order valence-electron chi connectivity index (χ3n) is 1.99. The zero-order valence-electron chi connectivity index (χ0n) is 9.26. The van der Waals surface area contributed by atoms with Crippen LogP contribution in [0.5, 0.6) is 0 Å². The van der Waals surface area contributed by atoms with Crippen LogP contribution in [0.1, 0.15) is 27.2 Å². The predicted molar refractivity (Wildman–Crippen MR) is 53.5 cm³/mol. The number of nitrogens with zero attached hydrogens (tertiary/aromatic N) is 1. The van der Waals surface area contributed by atoms with Crippen LogP contribution in [-0.2, 0) is 9.53 Å². The van der Waals surface area contributed by atoms with Crippen LogP contribution in [0.15, 0.2) is 0 Å². The van der Waals surface area contributed by atoms with Crippen molar-refractivity contribution in [3.05, 3.63) is 0 Å². The zero-order valence-corrected chi connectivity index (χ0v) is 9.26. The summed E-state index contributed by atoms with van der Waals surface area (Å²) < 4.78 is 4.62. The average Bonchev–Trinajstić information content (AvgIpc) is 2.18. The number of nitriles is 1. The summed E-state index contributed by atoms with van der Waals surface area (Å²) in [6.07, 6.45) is 0.661. The summed E-state index contributed by atoms with van der Waals surface area (Å²) in [6.45, 7) is 6.03. The normalized spacial score (nSPS) is 13.1. The minimum atomic E-state index is -0.457. The van der Waals surface area contributed by atoms with Crippen LogP contribution in [0, 0.1) is 16.7 Å². The van der Waals surface area contributed by atoms with E-state index >= 15 is 0 Å². The lowest BCUT2D eigenvalue weighted by molar-refractivity contribution is -0.143. The van der Waals surface area contributed by atoms with Gasteiger partial charge in [-0.1, -0.05) is 6.92 Å². The Morgan fingerprint density at radius 2 is 2.21 bits per heavy atom. The molecule has 1 N–H and O–H groups in total. The average molecular weight is 198 g/mol. The summed E-state index contributed by atoms with van der Waals surface area (Å²) >= 11 is 0. The van der Waals surface area contributed by atoms with Crippen molar-refractivity contribution in [1.82, 2.24) is 5.32 Å². The van der Waals surface area contributed by atoms with E-state index in [0.717, 1.165) is 0 Å². The summed E-state index contributed by atoms with van der Waals surface area (Å²) in [7, 11) is 1.36. The first kappa shape index (κ1) is 12.9. The van der Waals surface area contributed by atoms with Gasteiger partial charge in [-0.2, -0.15) is 5.26 Å². The second kappa shape index (κ2) is 5.61. The summed E-state index contributed by atoms with van der Waals surface area (Å²) in [4.78, 5) is 11.2. The molecule has 0 aliphatic rings. The molecule has 0 saturated carbocycles. The fraction of sp³-hybridized carbons (Fsp3) is 0.800. The van der Waals surface area contributed by atoms with E-state index in [-0.39, 0.29) is 12.0 Å². The molecule has 1 atom stereocenters. The van der Waals surface area contributed by atoms with Crippen molar-refractivity contribution in [2.24, 2.45) is 5.41 Å². The van der Waals surface area contributed by atoms with Gasteiger partial charge in [0.2, 0.25) is 0 Å². The third-order valence-corrected chi connectivity index (χ3v) is 1.99. The number of carbonyl (C=O) groups excluding carboxylic acids is 1. The van der Waals surface area contributed by atoms with Crippen molar-refractivity contribution in [2.75, 3.05) is 13.7 Å². The van der Waals surface area contributed by atoms with E-state index in [1.807, 2.05) is 20.8 Å². The van der Waals surface area contributed by atoms with E-state index in [0.29, 0.717) is 13.0 Å². The van der Waals surface area contributed by atoms with Gasteiger partial charge >= 0.3 is 5.97 Å². The Morgan fingerprint density at radius 3 is 2.57 bits per heavy atom. The highest BCUT2D eigenvalue weighted by Crippen LogP contribution is 2.11. The molecule has 4 heteroatoms. The summed E-state index contributed by atoms with van der Waals surface area (Å²) in [5, 5.41) is 11.8. The lowest BCUT2D eigenvalue weighted by Gasteiger charge is -2.20. The molecule has 14 heavy (non-hydrogen) atoms. The van der Waals surface area contributed by atoms with Gasteiger partial charge in [0, 0.05) is 6.54 Å². The molecule has 0 aromatic heterocycles. The molecule has 0 aliphatic heterocycles. The number of carbonyl (C=O) groups is 1. The Bertz CT molecular complexity index is 231. The van der Waals surface area contributed by atoms with Crippen molar-refractivity contribution >= 4 is 5.97 Å². The molecule has 0 saturated heterocycles. The minimum Gasteiger partial charge on any atom is -0.468 e. The van der Waals surface area contributed by atoms with Crippen molar-refractivity contribution in [2.45, 2.75) is 33.2 Å². The fourth-order valence-electron chi connectivity index (χ4n) is 0.954. The van der Waals surface area contributed by atoms with Crippen molar-refractivity contribution < 1.29 is 9.53 Å². The summed E-state index contributed by atoms with van der Waals surface area (Å²) in [5.74, 6) is -0.277. The maximum Gasteiger partial charge on any atom is 0.322 e.